The topological polar surface area (TPSA) is 54.0 Å². The number of ether oxygens (including phenoxy) is 4. The molecule has 0 bridgehead atoms. The second kappa shape index (κ2) is 10.1. The average molecular weight is 384 g/mol. The van der Waals surface area contributed by atoms with Crippen LogP contribution < -0.4 is 9.47 Å². The van der Waals surface area contributed by atoms with Crippen molar-refractivity contribution in [2.45, 2.75) is 44.3 Å². The zero-order valence-electron chi connectivity index (χ0n) is 16.6. The molecule has 1 fully saturated rings. The largest absolute Gasteiger partial charge is 0.493 e. The predicted octanol–water partition coefficient (Wildman–Crippen LogP) is 4.43. The van der Waals surface area contributed by atoms with Gasteiger partial charge in [0.2, 0.25) is 0 Å². The van der Waals surface area contributed by atoms with Gasteiger partial charge in [0.05, 0.1) is 32.5 Å². The first-order chi connectivity index (χ1) is 13.7. The van der Waals surface area contributed by atoms with E-state index in [4.69, 9.17) is 18.9 Å². The number of carbonyl (C=O) groups excluding carboxylic acids is 1. The molecule has 0 unspecified atom stereocenters. The van der Waals surface area contributed by atoms with Gasteiger partial charge in [-0.25, -0.2) is 4.79 Å². The zero-order valence-corrected chi connectivity index (χ0v) is 16.6. The summed E-state index contributed by atoms with van der Waals surface area (Å²) in [5.74, 6) is 1.15. The molecule has 1 aliphatic rings. The van der Waals surface area contributed by atoms with Crippen LogP contribution in [0.3, 0.4) is 0 Å². The molecule has 1 aliphatic carbocycles. The molecular weight excluding hydrogens is 356 g/mol. The lowest BCUT2D eigenvalue weighted by atomic mass is 9.94. The van der Waals surface area contributed by atoms with Crippen molar-refractivity contribution in [3.63, 3.8) is 0 Å². The molecule has 2 aromatic rings. The van der Waals surface area contributed by atoms with Crippen molar-refractivity contribution in [3.8, 4) is 11.5 Å². The number of benzene rings is 2. The van der Waals surface area contributed by atoms with E-state index in [1.165, 1.54) is 0 Å². The van der Waals surface area contributed by atoms with Gasteiger partial charge >= 0.3 is 5.97 Å². The third-order valence-electron chi connectivity index (χ3n) is 5.08. The van der Waals surface area contributed by atoms with Crippen LogP contribution in [0.25, 0.3) is 0 Å². The Labute approximate surface area is 166 Å². The van der Waals surface area contributed by atoms with Crippen LogP contribution in [-0.4, -0.2) is 39.0 Å². The van der Waals surface area contributed by atoms with E-state index in [1.807, 2.05) is 36.4 Å². The summed E-state index contributed by atoms with van der Waals surface area (Å²) in [6.45, 7) is 0.569. The number of hydrogen-bond acceptors (Lipinski definition) is 5. The Balaban J connectivity index is 1.54. The second-order valence-corrected chi connectivity index (χ2v) is 6.94. The van der Waals surface area contributed by atoms with Crippen molar-refractivity contribution in [2.24, 2.45) is 0 Å². The van der Waals surface area contributed by atoms with Gasteiger partial charge in [-0.1, -0.05) is 30.7 Å². The van der Waals surface area contributed by atoms with Gasteiger partial charge < -0.3 is 18.9 Å². The molecule has 2 atom stereocenters. The van der Waals surface area contributed by atoms with Gasteiger partial charge in [0, 0.05) is 0 Å². The van der Waals surface area contributed by atoms with E-state index in [-0.39, 0.29) is 18.2 Å². The fourth-order valence-corrected chi connectivity index (χ4v) is 3.53. The van der Waals surface area contributed by atoms with Crippen LogP contribution in [0, 0.1) is 0 Å². The molecule has 0 saturated heterocycles. The Morgan fingerprint density at radius 3 is 2.36 bits per heavy atom. The molecule has 5 nitrogen and oxygen atoms in total. The monoisotopic (exact) mass is 384 g/mol. The van der Waals surface area contributed by atoms with E-state index in [1.54, 1.807) is 26.4 Å². The van der Waals surface area contributed by atoms with Gasteiger partial charge in [-0.2, -0.15) is 0 Å². The van der Waals surface area contributed by atoms with Crippen molar-refractivity contribution >= 4 is 5.97 Å². The Hall–Kier alpha value is -2.53. The van der Waals surface area contributed by atoms with Crippen LogP contribution in [0.1, 0.15) is 41.6 Å². The molecule has 0 aliphatic heterocycles. The molecule has 0 heterocycles. The highest BCUT2D eigenvalue weighted by atomic mass is 16.6. The molecule has 28 heavy (non-hydrogen) atoms. The summed E-state index contributed by atoms with van der Waals surface area (Å²) in [5, 5.41) is 0. The van der Waals surface area contributed by atoms with Gasteiger partial charge in [-0.3, -0.25) is 0 Å². The normalized spacial score (nSPS) is 19.1. The molecule has 1 saturated carbocycles. The summed E-state index contributed by atoms with van der Waals surface area (Å²) in [6, 6.07) is 15.0. The van der Waals surface area contributed by atoms with Crippen molar-refractivity contribution in [3.05, 3.63) is 59.7 Å². The highest BCUT2D eigenvalue weighted by Crippen LogP contribution is 2.28. The summed E-state index contributed by atoms with van der Waals surface area (Å²) in [5.41, 5.74) is 1.70. The Bertz CT molecular complexity index is 759. The minimum atomic E-state index is -0.277. The smallest absolute Gasteiger partial charge is 0.338 e. The van der Waals surface area contributed by atoms with E-state index < -0.39 is 0 Å². The van der Waals surface area contributed by atoms with E-state index in [9.17, 15) is 4.79 Å². The molecule has 150 valence electrons. The van der Waals surface area contributed by atoms with Crippen molar-refractivity contribution < 1.29 is 23.7 Å². The SMILES string of the molecule is COc1ccc(CCO[C@@H]2CCCC[C@@H]2OC(=O)c2ccccc2)cc1OC. The molecule has 0 radical (unpaired) electrons. The van der Waals surface area contributed by atoms with E-state index in [2.05, 4.69) is 0 Å². The molecule has 0 aromatic heterocycles. The minimum absolute atomic E-state index is 0.0541. The maximum atomic E-state index is 12.4. The van der Waals surface area contributed by atoms with Crippen LogP contribution in [0.5, 0.6) is 11.5 Å². The van der Waals surface area contributed by atoms with E-state index >= 15 is 0 Å². The molecule has 2 aromatic carbocycles. The van der Waals surface area contributed by atoms with Crippen LogP contribution >= 0.6 is 0 Å². The summed E-state index contributed by atoms with van der Waals surface area (Å²) < 4.78 is 22.5. The molecule has 0 spiro atoms. The maximum Gasteiger partial charge on any atom is 0.338 e. The third-order valence-corrected chi connectivity index (χ3v) is 5.08. The van der Waals surface area contributed by atoms with Gasteiger partial charge in [-0.15, -0.1) is 0 Å². The number of hydrogen-bond donors (Lipinski definition) is 0. The van der Waals surface area contributed by atoms with Crippen LogP contribution in [0.2, 0.25) is 0 Å². The first kappa shape index (κ1) is 20.2. The summed E-state index contributed by atoms with van der Waals surface area (Å²) in [4.78, 5) is 12.4. The quantitative estimate of drug-likeness (QED) is 0.630. The molecule has 0 N–H and O–H groups in total. The number of carbonyl (C=O) groups is 1. The van der Waals surface area contributed by atoms with Gasteiger partial charge in [0.1, 0.15) is 6.10 Å². The highest BCUT2D eigenvalue weighted by Gasteiger charge is 2.29. The maximum absolute atomic E-state index is 12.4. The highest BCUT2D eigenvalue weighted by molar-refractivity contribution is 5.89. The van der Waals surface area contributed by atoms with Gasteiger partial charge in [0.15, 0.2) is 11.5 Å². The fraction of sp³-hybridized carbons (Fsp3) is 0.435. The van der Waals surface area contributed by atoms with Gasteiger partial charge in [-0.05, 0) is 55.5 Å². The van der Waals surface area contributed by atoms with Crippen molar-refractivity contribution in [2.75, 3.05) is 20.8 Å². The third kappa shape index (κ3) is 5.26. The first-order valence-electron chi connectivity index (χ1n) is 9.80. The lowest BCUT2D eigenvalue weighted by Gasteiger charge is -2.31. The predicted molar refractivity (Wildman–Crippen MR) is 107 cm³/mol. The fourth-order valence-electron chi connectivity index (χ4n) is 3.53. The first-order valence-corrected chi connectivity index (χ1v) is 9.80. The lowest BCUT2D eigenvalue weighted by molar-refractivity contribution is -0.0701. The number of rotatable bonds is 8. The summed E-state index contributed by atoms with van der Waals surface area (Å²) in [6.07, 6.45) is 4.44. The molecule has 0 amide bonds. The molecule has 5 heteroatoms. The average Bonchev–Trinajstić information content (AvgIpc) is 2.75. The number of methoxy groups -OCH3 is 2. The Kier molecular flexibility index (Phi) is 7.31. The van der Waals surface area contributed by atoms with Crippen LogP contribution in [0.4, 0.5) is 0 Å². The van der Waals surface area contributed by atoms with E-state index in [0.29, 0.717) is 23.7 Å². The standard InChI is InChI=1S/C23H28O5/c1-25-19-13-12-17(16-22(19)26-2)14-15-27-20-10-6-7-11-21(20)28-23(24)18-8-4-3-5-9-18/h3-5,8-9,12-13,16,20-21H,6-7,10-11,14-15H2,1-2H3/t20-,21+/m1/s1. The minimum Gasteiger partial charge on any atom is -0.493 e. The zero-order chi connectivity index (χ0) is 19.8. The van der Waals surface area contributed by atoms with E-state index in [0.717, 1.165) is 37.7 Å². The summed E-state index contributed by atoms with van der Waals surface area (Å²) >= 11 is 0. The second-order valence-electron chi connectivity index (χ2n) is 6.94. The summed E-state index contributed by atoms with van der Waals surface area (Å²) in [7, 11) is 3.26. The Morgan fingerprint density at radius 2 is 1.64 bits per heavy atom. The molecular formula is C23H28O5. The number of esters is 1. The molecule has 3 rings (SSSR count). The van der Waals surface area contributed by atoms with Gasteiger partial charge in [0.25, 0.3) is 0 Å². The van der Waals surface area contributed by atoms with Crippen molar-refractivity contribution in [1.82, 2.24) is 0 Å². The van der Waals surface area contributed by atoms with Crippen molar-refractivity contribution in [1.29, 1.82) is 0 Å². The van der Waals surface area contributed by atoms with Crippen LogP contribution in [-0.2, 0) is 15.9 Å². The van der Waals surface area contributed by atoms with Crippen LogP contribution in [0.15, 0.2) is 48.5 Å². The Morgan fingerprint density at radius 1 is 0.929 bits per heavy atom. The lowest BCUT2D eigenvalue weighted by Crippen LogP contribution is -2.36.